The van der Waals surface area contributed by atoms with E-state index >= 15 is 0 Å². The summed E-state index contributed by atoms with van der Waals surface area (Å²) >= 11 is 0. The molecule has 1 aromatic rings. The van der Waals surface area contributed by atoms with Crippen molar-refractivity contribution in [3.63, 3.8) is 0 Å². The molecule has 1 aliphatic rings. The van der Waals surface area contributed by atoms with Crippen LogP contribution in [0.3, 0.4) is 0 Å². The Labute approximate surface area is 128 Å². The monoisotopic (exact) mass is 288 g/mol. The van der Waals surface area contributed by atoms with Gasteiger partial charge in [0.15, 0.2) is 0 Å². The predicted molar refractivity (Wildman–Crippen MR) is 86.7 cm³/mol. The Hall–Kier alpha value is -1.35. The van der Waals surface area contributed by atoms with Gasteiger partial charge in [-0.1, -0.05) is 57.0 Å². The topological polar surface area (TPSA) is 46.3 Å². The molecule has 21 heavy (non-hydrogen) atoms. The van der Waals surface area contributed by atoms with Gasteiger partial charge in [-0.15, -0.1) is 0 Å². The van der Waals surface area contributed by atoms with Crippen LogP contribution in [0.15, 0.2) is 30.3 Å². The molecule has 2 rings (SSSR count). The Morgan fingerprint density at radius 3 is 2.62 bits per heavy atom. The van der Waals surface area contributed by atoms with Crippen LogP contribution >= 0.6 is 0 Å². The first-order chi connectivity index (χ1) is 10.0. The van der Waals surface area contributed by atoms with Crippen molar-refractivity contribution >= 4 is 5.91 Å². The van der Waals surface area contributed by atoms with Gasteiger partial charge in [-0.25, -0.2) is 0 Å². The molecule has 0 bridgehead atoms. The highest BCUT2D eigenvalue weighted by Crippen LogP contribution is 2.41. The average molecular weight is 288 g/mol. The van der Waals surface area contributed by atoms with Crippen LogP contribution in [0.2, 0.25) is 0 Å². The van der Waals surface area contributed by atoms with Crippen molar-refractivity contribution in [1.29, 1.82) is 0 Å². The van der Waals surface area contributed by atoms with Crippen LogP contribution in [0.5, 0.6) is 0 Å². The van der Waals surface area contributed by atoms with Crippen molar-refractivity contribution in [3.8, 4) is 0 Å². The zero-order chi connectivity index (χ0) is 15.3. The average Bonchev–Trinajstić information content (AvgIpc) is 2.47. The lowest BCUT2D eigenvalue weighted by atomic mass is 9.68. The highest BCUT2D eigenvalue weighted by Gasteiger charge is 2.38. The molecule has 1 amide bonds. The lowest BCUT2D eigenvalue weighted by Crippen LogP contribution is -2.45. The van der Waals surface area contributed by atoms with Crippen molar-refractivity contribution in [1.82, 2.24) is 4.90 Å². The summed E-state index contributed by atoms with van der Waals surface area (Å²) in [5.74, 6) is 0.426. The van der Waals surface area contributed by atoms with E-state index in [1.807, 2.05) is 23.1 Å². The molecular formula is C18H28N2O. The molecule has 0 aromatic heterocycles. The van der Waals surface area contributed by atoms with Crippen LogP contribution in [0.25, 0.3) is 0 Å². The van der Waals surface area contributed by atoms with Crippen molar-refractivity contribution in [3.05, 3.63) is 35.9 Å². The molecule has 0 heterocycles. The van der Waals surface area contributed by atoms with Gasteiger partial charge in [0.1, 0.15) is 0 Å². The van der Waals surface area contributed by atoms with Crippen molar-refractivity contribution in [2.45, 2.75) is 46.1 Å². The molecule has 1 atom stereocenters. The Morgan fingerprint density at radius 1 is 1.29 bits per heavy atom. The minimum Gasteiger partial charge on any atom is -0.337 e. The first-order valence-corrected chi connectivity index (χ1v) is 8.07. The normalized spacial score (nSPS) is 21.0. The second kappa shape index (κ2) is 7.08. The number of rotatable bonds is 5. The minimum absolute atomic E-state index is 0.110. The molecule has 0 saturated heterocycles. The molecule has 3 nitrogen and oxygen atoms in total. The zero-order valence-corrected chi connectivity index (χ0v) is 13.3. The Kier molecular flexibility index (Phi) is 5.40. The summed E-state index contributed by atoms with van der Waals surface area (Å²) < 4.78 is 0. The number of carbonyl (C=O) groups excluding carboxylic acids is 1. The molecule has 0 aliphatic heterocycles. The minimum atomic E-state index is 0.110. The van der Waals surface area contributed by atoms with Crippen LogP contribution in [0.4, 0.5) is 0 Å². The third-order valence-electron chi connectivity index (χ3n) is 4.73. The Morgan fingerprint density at radius 2 is 2.00 bits per heavy atom. The van der Waals surface area contributed by atoms with E-state index in [9.17, 15) is 4.79 Å². The SMILES string of the molecule is CC1(C)CCCCC1C(=O)N(CCN)Cc1ccccc1. The third-order valence-corrected chi connectivity index (χ3v) is 4.73. The fourth-order valence-corrected chi connectivity index (χ4v) is 3.40. The fraction of sp³-hybridized carbons (Fsp3) is 0.611. The van der Waals surface area contributed by atoms with E-state index in [0.29, 0.717) is 19.6 Å². The molecule has 116 valence electrons. The molecule has 1 aliphatic carbocycles. The predicted octanol–water partition coefficient (Wildman–Crippen LogP) is 3.19. The first kappa shape index (κ1) is 16.0. The van der Waals surface area contributed by atoms with Gasteiger partial charge in [0.2, 0.25) is 5.91 Å². The van der Waals surface area contributed by atoms with Gasteiger partial charge >= 0.3 is 0 Å². The lowest BCUT2D eigenvalue weighted by molar-refractivity contribution is -0.141. The second-order valence-electron chi connectivity index (χ2n) is 6.82. The standard InChI is InChI=1S/C18H28N2O/c1-18(2)11-7-6-10-16(18)17(21)20(13-12-19)14-15-8-4-3-5-9-15/h3-5,8-9,16H,6-7,10-14,19H2,1-2H3. The van der Waals surface area contributed by atoms with Crippen molar-refractivity contribution in [2.75, 3.05) is 13.1 Å². The van der Waals surface area contributed by atoms with E-state index in [4.69, 9.17) is 5.73 Å². The van der Waals surface area contributed by atoms with Crippen molar-refractivity contribution < 1.29 is 4.79 Å². The zero-order valence-electron chi connectivity index (χ0n) is 13.3. The van der Waals surface area contributed by atoms with Gasteiger partial charge in [-0.3, -0.25) is 4.79 Å². The van der Waals surface area contributed by atoms with Crippen LogP contribution in [0.1, 0.15) is 45.1 Å². The molecule has 1 saturated carbocycles. The molecule has 0 spiro atoms. The quantitative estimate of drug-likeness (QED) is 0.904. The number of hydrogen-bond acceptors (Lipinski definition) is 2. The summed E-state index contributed by atoms with van der Waals surface area (Å²) in [7, 11) is 0. The first-order valence-electron chi connectivity index (χ1n) is 8.07. The molecule has 2 N–H and O–H groups in total. The van der Waals surface area contributed by atoms with Crippen LogP contribution in [-0.4, -0.2) is 23.9 Å². The number of hydrogen-bond donors (Lipinski definition) is 1. The summed E-state index contributed by atoms with van der Waals surface area (Å²) in [6.07, 6.45) is 4.57. The van der Waals surface area contributed by atoms with Crippen molar-refractivity contribution in [2.24, 2.45) is 17.1 Å². The lowest BCUT2D eigenvalue weighted by Gasteiger charge is -2.40. The van der Waals surface area contributed by atoms with E-state index in [1.54, 1.807) is 0 Å². The summed E-state index contributed by atoms with van der Waals surface area (Å²) in [5, 5.41) is 0. The number of nitrogens with zero attached hydrogens (tertiary/aromatic N) is 1. The van der Waals surface area contributed by atoms with Gasteiger partial charge in [0, 0.05) is 25.6 Å². The highest BCUT2D eigenvalue weighted by molar-refractivity contribution is 5.79. The molecule has 1 aromatic carbocycles. The second-order valence-corrected chi connectivity index (χ2v) is 6.82. The summed E-state index contributed by atoms with van der Waals surface area (Å²) in [5.41, 5.74) is 7.01. The largest absolute Gasteiger partial charge is 0.337 e. The third kappa shape index (κ3) is 4.07. The maximum Gasteiger partial charge on any atom is 0.226 e. The Balaban J connectivity index is 2.11. The maximum absolute atomic E-state index is 13.0. The van der Waals surface area contributed by atoms with Gasteiger partial charge in [-0.2, -0.15) is 0 Å². The van der Waals surface area contributed by atoms with E-state index in [1.165, 1.54) is 18.4 Å². The van der Waals surface area contributed by atoms with E-state index < -0.39 is 0 Å². The van der Waals surface area contributed by atoms with Gasteiger partial charge in [0.05, 0.1) is 0 Å². The number of amides is 1. The number of carbonyl (C=O) groups is 1. The fourth-order valence-electron chi connectivity index (χ4n) is 3.40. The summed E-state index contributed by atoms with van der Waals surface area (Å²) in [6, 6.07) is 10.2. The molecule has 0 radical (unpaired) electrons. The number of nitrogens with two attached hydrogens (primary N) is 1. The smallest absolute Gasteiger partial charge is 0.226 e. The molecule has 3 heteroatoms. The van der Waals surface area contributed by atoms with E-state index in [0.717, 1.165) is 12.8 Å². The highest BCUT2D eigenvalue weighted by atomic mass is 16.2. The molecule has 1 fully saturated rings. The summed E-state index contributed by atoms with van der Waals surface area (Å²) in [4.78, 5) is 14.9. The van der Waals surface area contributed by atoms with E-state index in [2.05, 4.69) is 26.0 Å². The van der Waals surface area contributed by atoms with Gasteiger partial charge in [-0.05, 0) is 23.8 Å². The van der Waals surface area contributed by atoms with E-state index in [-0.39, 0.29) is 17.2 Å². The molecule has 1 unspecified atom stereocenters. The maximum atomic E-state index is 13.0. The van der Waals surface area contributed by atoms with Crippen LogP contribution in [0, 0.1) is 11.3 Å². The Bertz CT molecular complexity index is 456. The summed E-state index contributed by atoms with van der Waals surface area (Å²) in [6.45, 7) is 6.30. The molecular weight excluding hydrogens is 260 g/mol. The van der Waals surface area contributed by atoms with Gasteiger partial charge < -0.3 is 10.6 Å². The van der Waals surface area contributed by atoms with Crippen LogP contribution in [-0.2, 0) is 11.3 Å². The van der Waals surface area contributed by atoms with Crippen LogP contribution < -0.4 is 5.73 Å². The number of benzene rings is 1. The van der Waals surface area contributed by atoms with Gasteiger partial charge in [0.25, 0.3) is 0 Å².